The van der Waals surface area contributed by atoms with Gasteiger partial charge >= 0.3 is 0 Å². The van der Waals surface area contributed by atoms with E-state index in [0.29, 0.717) is 13.0 Å². The van der Waals surface area contributed by atoms with Crippen molar-refractivity contribution in [3.63, 3.8) is 0 Å². The molecule has 1 aliphatic rings. The minimum absolute atomic E-state index is 0.130. The van der Waals surface area contributed by atoms with Gasteiger partial charge in [0.2, 0.25) is 5.91 Å². The molecule has 3 rings (SSSR count). The molecule has 1 unspecified atom stereocenters. The summed E-state index contributed by atoms with van der Waals surface area (Å²) in [5.74, 6) is 1.25. The number of carbonyl (C=O) groups is 1. The van der Waals surface area contributed by atoms with Gasteiger partial charge in [0.25, 0.3) is 0 Å². The van der Waals surface area contributed by atoms with Crippen molar-refractivity contribution in [2.24, 2.45) is 0 Å². The molecule has 3 heteroatoms. The van der Waals surface area contributed by atoms with Crippen LogP contribution in [0.4, 0.5) is 0 Å². The fourth-order valence-corrected chi connectivity index (χ4v) is 2.44. The maximum absolute atomic E-state index is 11.3. The first-order valence-corrected chi connectivity index (χ1v) is 6.84. The number of carbonyl (C=O) groups excluding carboxylic acids is 1. The van der Waals surface area contributed by atoms with Crippen molar-refractivity contribution in [2.75, 3.05) is 6.54 Å². The third kappa shape index (κ3) is 2.99. The summed E-state index contributed by atoms with van der Waals surface area (Å²) in [7, 11) is 0. The largest absolute Gasteiger partial charge is 0.489 e. The van der Waals surface area contributed by atoms with Crippen molar-refractivity contribution in [2.45, 2.75) is 18.9 Å². The molecule has 1 aliphatic heterocycles. The van der Waals surface area contributed by atoms with Crippen LogP contribution >= 0.6 is 0 Å². The third-order valence-electron chi connectivity index (χ3n) is 3.56. The molecule has 0 radical (unpaired) electrons. The SMILES string of the molecule is O=C1CC(c2cccc(OCc3ccccc3)c2)CN1. The summed E-state index contributed by atoms with van der Waals surface area (Å²) in [4.78, 5) is 11.3. The Labute approximate surface area is 118 Å². The molecule has 0 saturated carbocycles. The molecule has 3 nitrogen and oxygen atoms in total. The second-order valence-corrected chi connectivity index (χ2v) is 5.05. The summed E-state index contributed by atoms with van der Waals surface area (Å²) in [5, 5.41) is 2.87. The van der Waals surface area contributed by atoms with Crippen molar-refractivity contribution in [1.29, 1.82) is 0 Å². The number of ether oxygens (including phenoxy) is 1. The van der Waals surface area contributed by atoms with Gasteiger partial charge in [-0.3, -0.25) is 4.79 Å². The summed E-state index contributed by atoms with van der Waals surface area (Å²) in [6.07, 6.45) is 0.572. The average molecular weight is 267 g/mol. The van der Waals surface area contributed by atoms with Gasteiger partial charge in [-0.05, 0) is 23.3 Å². The quantitative estimate of drug-likeness (QED) is 0.925. The molecule has 20 heavy (non-hydrogen) atoms. The van der Waals surface area contributed by atoms with Gasteiger partial charge in [-0.2, -0.15) is 0 Å². The number of benzene rings is 2. The second kappa shape index (κ2) is 5.78. The summed E-state index contributed by atoms with van der Waals surface area (Å²) < 4.78 is 5.81. The van der Waals surface area contributed by atoms with Crippen LogP contribution in [-0.2, 0) is 11.4 Å². The zero-order valence-electron chi connectivity index (χ0n) is 11.2. The van der Waals surface area contributed by atoms with Crippen LogP contribution < -0.4 is 10.1 Å². The maximum Gasteiger partial charge on any atom is 0.220 e. The molecule has 0 aliphatic carbocycles. The Morgan fingerprint density at radius 3 is 2.70 bits per heavy atom. The average Bonchev–Trinajstić information content (AvgIpc) is 2.93. The van der Waals surface area contributed by atoms with Crippen LogP contribution in [0.25, 0.3) is 0 Å². The molecule has 1 heterocycles. The maximum atomic E-state index is 11.3. The molecule has 0 spiro atoms. The molecule has 0 aromatic heterocycles. The van der Waals surface area contributed by atoms with Crippen molar-refractivity contribution >= 4 is 5.91 Å². The summed E-state index contributed by atoms with van der Waals surface area (Å²) >= 11 is 0. The normalized spacial score (nSPS) is 17.8. The predicted octanol–water partition coefficient (Wildman–Crippen LogP) is 2.87. The fraction of sp³-hybridized carbons (Fsp3) is 0.235. The number of hydrogen-bond donors (Lipinski definition) is 1. The molecule has 1 fully saturated rings. The Morgan fingerprint density at radius 2 is 1.95 bits per heavy atom. The monoisotopic (exact) mass is 267 g/mol. The van der Waals surface area contributed by atoms with Crippen molar-refractivity contribution < 1.29 is 9.53 Å². The van der Waals surface area contributed by atoms with Crippen molar-refractivity contribution in [1.82, 2.24) is 5.32 Å². The first kappa shape index (κ1) is 12.7. The van der Waals surface area contributed by atoms with Gasteiger partial charge in [-0.15, -0.1) is 0 Å². The number of nitrogens with one attached hydrogen (secondary N) is 1. The Balaban J connectivity index is 1.67. The van der Waals surface area contributed by atoms with E-state index in [1.54, 1.807) is 0 Å². The number of rotatable bonds is 4. The van der Waals surface area contributed by atoms with E-state index in [0.717, 1.165) is 23.4 Å². The van der Waals surface area contributed by atoms with Gasteiger partial charge in [0.05, 0.1) is 0 Å². The van der Waals surface area contributed by atoms with Crippen LogP contribution in [0.2, 0.25) is 0 Å². The lowest BCUT2D eigenvalue weighted by atomic mass is 9.98. The van der Waals surface area contributed by atoms with Crippen LogP contribution in [0.5, 0.6) is 5.75 Å². The molecule has 102 valence electrons. The molecule has 2 aromatic carbocycles. The highest BCUT2D eigenvalue weighted by molar-refractivity contribution is 5.79. The predicted molar refractivity (Wildman–Crippen MR) is 77.6 cm³/mol. The Morgan fingerprint density at radius 1 is 1.10 bits per heavy atom. The topological polar surface area (TPSA) is 38.3 Å². The molecular weight excluding hydrogens is 250 g/mol. The van der Waals surface area contributed by atoms with Crippen LogP contribution in [0.3, 0.4) is 0 Å². The van der Waals surface area contributed by atoms with E-state index in [9.17, 15) is 4.79 Å². The first-order chi connectivity index (χ1) is 9.81. The van der Waals surface area contributed by atoms with E-state index in [1.807, 2.05) is 48.5 Å². The minimum Gasteiger partial charge on any atom is -0.489 e. The van der Waals surface area contributed by atoms with E-state index in [1.165, 1.54) is 0 Å². The molecule has 1 amide bonds. The number of amides is 1. The highest BCUT2D eigenvalue weighted by Gasteiger charge is 2.23. The second-order valence-electron chi connectivity index (χ2n) is 5.05. The minimum atomic E-state index is 0.130. The molecule has 1 saturated heterocycles. The van der Waals surface area contributed by atoms with Gasteiger partial charge in [-0.1, -0.05) is 42.5 Å². The number of hydrogen-bond acceptors (Lipinski definition) is 2. The van der Waals surface area contributed by atoms with Gasteiger partial charge < -0.3 is 10.1 Å². The van der Waals surface area contributed by atoms with Gasteiger partial charge in [0, 0.05) is 18.9 Å². The van der Waals surface area contributed by atoms with Crippen LogP contribution in [0.1, 0.15) is 23.5 Å². The zero-order valence-corrected chi connectivity index (χ0v) is 11.2. The van der Waals surface area contributed by atoms with E-state index < -0.39 is 0 Å². The highest BCUT2D eigenvalue weighted by Crippen LogP contribution is 2.26. The van der Waals surface area contributed by atoms with Gasteiger partial charge in [0.15, 0.2) is 0 Å². The summed E-state index contributed by atoms with van der Waals surface area (Å²) in [6.45, 7) is 1.28. The summed E-state index contributed by atoms with van der Waals surface area (Å²) in [6, 6.07) is 18.1. The lowest BCUT2D eigenvalue weighted by Gasteiger charge is -2.11. The van der Waals surface area contributed by atoms with E-state index >= 15 is 0 Å². The zero-order chi connectivity index (χ0) is 13.8. The lowest BCUT2D eigenvalue weighted by Crippen LogP contribution is -2.13. The standard InChI is InChI=1S/C17H17NO2/c19-17-10-15(11-18-17)14-7-4-8-16(9-14)20-12-13-5-2-1-3-6-13/h1-9,15H,10-12H2,(H,18,19). The summed E-state index contributed by atoms with van der Waals surface area (Å²) in [5.41, 5.74) is 2.31. The van der Waals surface area contributed by atoms with E-state index in [-0.39, 0.29) is 11.8 Å². The van der Waals surface area contributed by atoms with Crippen molar-refractivity contribution in [3.8, 4) is 5.75 Å². The third-order valence-corrected chi connectivity index (χ3v) is 3.56. The van der Waals surface area contributed by atoms with Crippen LogP contribution in [-0.4, -0.2) is 12.5 Å². The molecule has 1 N–H and O–H groups in total. The lowest BCUT2D eigenvalue weighted by molar-refractivity contribution is -0.119. The van der Waals surface area contributed by atoms with E-state index in [4.69, 9.17) is 4.74 Å². The van der Waals surface area contributed by atoms with E-state index in [2.05, 4.69) is 11.4 Å². The molecule has 2 aromatic rings. The van der Waals surface area contributed by atoms with Gasteiger partial charge in [0.1, 0.15) is 12.4 Å². The Kier molecular flexibility index (Phi) is 3.68. The van der Waals surface area contributed by atoms with Crippen molar-refractivity contribution in [3.05, 3.63) is 65.7 Å². The van der Waals surface area contributed by atoms with Crippen LogP contribution in [0.15, 0.2) is 54.6 Å². The first-order valence-electron chi connectivity index (χ1n) is 6.84. The molecular formula is C17H17NO2. The fourth-order valence-electron chi connectivity index (χ4n) is 2.44. The molecule has 0 bridgehead atoms. The Hall–Kier alpha value is -2.29. The van der Waals surface area contributed by atoms with Gasteiger partial charge in [-0.25, -0.2) is 0 Å². The highest BCUT2D eigenvalue weighted by atomic mass is 16.5. The smallest absolute Gasteiger partial charge is 0.220 e. The molecule has 1 atom stereocenters. The Bertz CT molecular complexity index is 595. The van der Waals surface area contributed by atoms with Crippen LogP contribution in [0, 0.1) is 0 Å².